The van der Waals surface area contributed by atoms with Gasteiger partial charge in [0.05, 0.1) is 17.8 Å². The number of imide groups is 1. The van der Waals surface area contributed by atoms with Crippen LogP contribution in [0.5, 0.6) is 0 Å². The largest absolute Gasteiger partial charge is 0.372 e. The third-order valence-corrected chi connectivity index (χ3v) is 5.08. The number of carbonyl (C=O) groups excluding carboxylic acids is 2. The van der Waals surface area contributed by atoms with Crippen molar-refractivity contribution in [3.63, 3.8) is 0 Å². The van der Waals surface area contributed by atoms with Crippen molar-refractivity contribution in [1.29, 1.82) is 0 Å². The minimum atomic E-state index is -0.169. The highest BCUT2D eigenvalue weighted by atomic mass is 32.1. The molecule has 24 heavy (non-hydrogen) atoms. The lowest BCUT2D eigenvalue weighted by atomic mass is 10.1. The number of rotatable bonds is 4. The molecule has 3 heterocycles. The first-order chi connectivity index (χ1) is 11.4. The standard InChI is InChI=1S/C18H24N2O3S/c1-11(2)8-20-17(21)15(14-6-5-7-24-14)16(18(20)22)19-9-12(3)23-13(4)10-19/h5-7,11-13H,8-10H2,1-4H3. The Hall–Kier alpha value is -1.66. The van der Waals surface area contributed by atoms with Gasteiger partial charge in [0.1, 0.15) is 5.70 Å². The monoisotopic (exact) mass is 348 g/mol. The van der Waals surface area contributed by atoms with Crippen LogP contribution < -0.4 is 0 Å². The Labute approximate surface area is 146 Å². The van der Waals surface area contributed by atoms with Gasteiger partial charge >= 0.3 is 0 Å². The summed E-state index contributed by atoms with van der Waals surface area (Å²) in [5.74, 6) is -0.0966. The number of morpholine rings is 1. The third-order valence-electron chi connectivity index (χ3n) is 4.19. The zero-order valence-electron chi connectivity index (χ0n) is 14.6. The fourth-order valence-electron chi connectivity index (χ4n) is 3.39. The van der Waals surface area contributed by atoms with Crippen LogP contribution in [0, 0.1) is 5.92 Å². The number of nitrogens with zero attached hydrogens (tertiary/aromatic N) is 2. The molecule has 2 atom stereocenters. The van der Waals surface area contributed by atoms with Crippen LogP contribution in [-0.2, 0) is 14.3 Å². The number of amides is 2. The Morgan fingerprint density at radius 1 is 1.21 bits per heavy atom. The average molecular weight is 348 g/mol. The Kier molecular flexibility index (Phi) is 4.78. The number of carbonyl (C=O) groups is 2. The van der Waals surface area contributed by atoms with Crippen LogP contribution >= 0.6 is 11.3 Å². The number of thiophene rings is 1. The second-order valence-electron chi connectivity index (χ2n) is 6.98. The number of hydrogen-bond acceptors (Lipinski definition) is 5. The van der Waals surface area contributed by atoms with Crippen molar-refractivity contribution in [1.82, 2.24) is 9.80 Å². The van der Waals surface area contributed by atoms with E-state index in [0.29, 0.717) is 30.9 Å². The maximum atomic E-state index is 13.0. The summed E-state index contributed by atoms with van der Waals surface area (Å²) < 4.78 is 5.78. The zero-order chi connectivity index (χ0) is 17.4. The van der Waals surface area contributed by atoms with Crippen molar-refractivity contribution in [2.75, 3.05) is 19.6 Å². The maximum Gasteiger partial charge on any atom is 0.277 e. The van der Waals surface area contributed by atoms with Gasteiger partial charge in [0.15, 0.2) is 0 Å². The van der Waals surface area contributed by atoms with Gasteiger partial charge in [-0.25, -0.2) is 0 Å². The molecule has 2 unspecified atom stereocenters. The van der Waals surface area contributed by atoms with Gasteiger partial charge in [-0.15, -0.1) is 11.3 Å². The molecular weight excluding hydrogens is 324 g/mol. The molecule has 0 saturated carbocycles. The van der Waals surface area contributed by atoms with E-state index in [1.807, 2.05) is 50.1 Å². The third kappa shape index (κ3) is 3.13. The minimum absolute atomic E-state index is 0.0351. The molecule has 3 rings (SSSR count). The van der Waals surface area contributed by atoms with Gasteiger partial charge in [0.2, 0.25) is 0 Å². The summed E-state index contributed by atoms with van der Waals surface area (Å²) in [5.41, 5.74) is 1.10. The van der Waals surface area contributed by atoms with Crippen molar-refractivity contribution in [3.05, 3.63) is 28.1 Å². The van der Waals surface area contributed by atoms with Crippen LogP contribution in [0.3, 0.4) is 0 Å². The van der Waals surface area contributed by atoms with Crippen molar-refractivity contribution in [2.24, 2.45) is 5.92 Å². The summed E-state index contributed by atoms with van der Waals surface area (Å²) in [6.07, 6.45) is 0.0702. The van der Waals surface area contributed by atoms with Gasteiger partial charge in [-0.1, -0.05) is 19.9 Å². The van der Waals surface area contributed by atoms with E-state index in [4.69, 9.17) is 4.74 Å². The molecule has 0 N–H and O–H groups in total. The van der Waals surface area contributed by atoms with E-state index in [-0.39, 0.29) is 29.9 Å². The summed E-state index contributed by atoms with van der Waals surface area (Å²) in [7, 11) is 0. The predicted molar refractivity (Wildman–Crippen MR) is 94.4 cm³/mol. The molecule has 0 aliphatic carbocycles. The summed E-state index contributed by atoms with van der Waals surface area (Å²) in [4.78, 5) is 30.3. The van der Waals surface area contributed by atoms with E-state index >= 15 is 0 Å². The number of ether oxygens (including phenoxy) is 1. The quantitative estimate of drug-likeness (QED) is 0.785. The topological polar surface area (TPSA) is 49.9 Å². The molecule has 0 aromatic carbocycles. The first kappa shape index (κ1) is 17.2. The molecule has 6 heteroatoms. The highest BCUT2D eigenvalue weighted by molar-refractivity contribution is 7.11. The Morgan fingerprint density at radius 2 is 1.88 bits per heavy atom. The molecular formula is C18H24N2O3S. The van der Waals surface area contributed by atoms with Gasteiger partial charge in [-0.3, -0.25) is 14.5 Å². The lowest BCUT2D eigenvalue weighted by Crippen LogP contribution is -2.47. The molecule has 2 aliphatic heterocycles. The summed E-state index contributed by atoms with van der Waals surface area (Å²) in [6.45, 7) is 9.74. The minimum Gasteiger partial charge on any atom is -0.372 e. The van der Waals surface area contributed by atoms with Gasteiger partial charge < -0.3 is 9.64 Å². The van der Waals surface area contributed by atoms with Gasteiger partial charge in [-0.05, 0) is 31.2 Å². The Morgan fingerprint density at radius 3 is 2.42 bits per heavy atom. The second kappa shape index (κ2) is 6.69. The summed E-state index contributed by atoms with van der Waals surface area (Å²) >= 11 is 1.50. The molecule has 0 radical (unpaired) electrons. The molecule has 1 aromatic heterocycles. The van der Waals surface area contributed by atoms with Crippen LogP contribution in [0.25, 0.3) is 5.57 Å². The zero-order valence-corrected chi connectivity index (χ0v) is 15.4. The molecule has 5 nitrogen and oxygen atoms in total. The van der Waals surface area contributed by atoms with E-state index in [9.17, 15) is 9.59 Å². The van der Waals surface area contributed by atoms with E-state index in [1.54, 1.807) is 0 Å². The van der Waals surface area contributed by atoms with E-state index in [0.717, 1.165) is 4.88 Å². The Bertz CT molecular complexity index is 656. The lowest BCUT2D eigenvalue weighted by molar-refractivity contribution is -0.138. The highest BCUT2D eigenvalue weighted by Gasteiger charge is 2.43. The molecule has 1 aromatic rings. The molecule has 2 amide bonds. The van der Waals surface area contributed by atoms with Crippen molar-refractivity contribution in [3.8, 4) is 0 Å². The maximum absolute atomic E-state index is 13.0. The molecule has 0 spiro atoms. The molecule has 1 saturated heterocycles. The first-order valence-corrected chi connectivity index (χ1v) is 9.31. The highest BCUT2D eigenvalue weighted by Crippen LogP contribution is 2.35. The van der Waals surface area contributed by atoms with Crippen molar-refractivity contribution < 1.29 is 14.3 Å². The average Bonchev–Trinajstić information content (AvgIpc) is 3.08. The van der Waals surface area contributed by atoms with Crippen LogP contribution in [0.1, 0.15) is 32.6 Å². The smallest absolute Gasteiger partial charge is 0.277 e. The van der Waals surface area contributed by atoms with Crippen LogP contribution in [0.2, 0.25) is 0 Å². The van der Waals surface area contributed by atoms with E-state index in [2.05, 4.69) is 0 Å². The van der Waals surface area contributed by atoms with Gasteiger partial charge in [0, 0.05) is 24.5 Å². The normalized spacial score (nSPS) is 25.4. The van der Waals surface area contributed by atoms with Gasteiger partial charge in [0.25, 0.3) is 11.8 Å². The molecule has 130 valence electrons. The van der Waals surface area contributed by atoms with E-state index in [1.165, 1.54) is 16.2 Å². The summed E-state index contributed by atoms with van der Waals surface area (Å²) in [5, 5.41) is 1.94. The molecule has 1 fully saturated rings. The fraction of sp³-hybridized carbons (Fsp3) is 0.556. The van der Waals surface area contributed by atoms with Crippen LogP contribution in [-0.4, -0.2) is 53.5 Å². The van der Waals surface area contributed by atoms with Crippen LogP contribution in [0.4, 0.5) is 0 Å². The number of hydrogen-bond donors (Lipinski definition) is 0. The Balaban J connectivity index is 2.03. The SMILES string of the molecule is CC(C)CN1C(=O)C(c2cccs2)=C(N2CC(C)OC(C)C2)C1=O. The first-order valence-electron chi connectivity index (χ1n) is 8.43. The van der Waals surface area contributed by atoms with Gasteiger partial charge in [-0.2, -0.15) is 0 Å². The molecule has 0 bridgehead atoms. The van der Waals surface area contributed by atoms with E-state index < -0.39 is 0 Å². The summed E-state index contributed by atoms with van der Waals surface area (Å²) in [6, 6.07) is 3.83. The van der Waals surface area contributed by atoms with Crippen LogP contribution in [0.15, 0.2) is 23.2 Å². The lowest BCUT2D eigenvalue weighted by Gasteiger charge is -2.37. The second-order valence-corrected chi connectivity index (χ2v) is 7.93. The molecule has 2 aliphatic rings. The van der Waals surface area contributed by atoms with Crippen molar-refractivity contribution >= 4 is 28.7 Å². The predicted octanol–water partition coefficient (Wildman–Crippen LogP) is 2.59. The fourth-order valence-corrected chi connectivity index (χ4v) is 4.15. The van der Waals surface area contributed by atoms with Crippen molar-refractivity contribution in [2.45, 2.75) is 39.9 Å².